The SMILES string of the molecule is CCCC(=O)N(Cc1cccc(O)c1)[C@H]1C[C@@H](C(=O)N2CCNCC2)N(Cc2ccc3c(c2)OCO3)C1. The largest absolute Gasteiger partial charge is 0.508 e. The van der Waals surface area contributed by atoms with Crippen LogP contribution in [0.15, 0.2) is 42.5 Å². The van der Waals surface area contributed by atoms with Crippen LogP contribution in [0.5, 0.6) is 17.2 Å². The van der Waals surface area contributed by atoms with Crippen LogP contribution in [0.1, 0.15) is 37.3 Å². The van der Waals surface area contributed by atoms with E-state index in [-0.39, 0.29) is 36.4 Å². The molecule has 3 aliphatic rings. The number of fused-ring (bicyclic) bond motifs is 1. The van der Waals surface area contributed by atoms with Crippen molar-refractivity contribution in [1.29, 1.82) is 0 Å². The Morgan fingerprint density at radius 2 is 1.89 bits per heavy atom. The lowest BCUT2D eigenvalue weighted by Crippen LogP contribution is -2.52. The Bertz CT molecular complexity index is 1120. The van der Waals surface area contributed by atoms with Crippen LogP contribution in [0.4, 0.5) is 0 Å². The Labute approximate surface area is 217 Å². The van der Waals surface area contributed by atoms with Gasteiger partial charge in [-0.25, -0.2) is 0 Å². The number of phenolic OH excluding ortho intramolecular Hbond substituents is 1. The summed E-state index contributed by atoms with van der Waals surface area (Å²) in [5, 5.41) is 13.3. The summed E-state index contributed by atoms with van der Waals surface area (Å²) in [6, 6.07) is 12.5. The molecule has 2 aromatic carbocycles. The second-order valence-electron chi connectivity index (χ2n) is 10.0. The van der Waals surface area contributed by atoms with Crippen molar-refractivity contribution in [2.75, 3.05) is 39.5 Å². The van der Waals surface area contributed by atoms with Gasteiger partial charge in [0.25, 0.3) is 0 Å². The molecule has 2 atom stereocenters. The predicted octanol–water partition coefficient (Wildman–Crippen LogP) is 2.32. The Morgan fingerprint density at radius 1 is 1.08 bits per heavy atom. The molecule has 9 heteroatoms. The van der Waals surface area contributed by atoms with Crippen LogP contribution in [0.2, 0.25) is 0 Å². The quantitative estimate of drug-likeness (QED) is 0.565. The summed E-state index contributed by atoms with van der Waals surface area (Å²) >= 11 is 0. The van der Waals surface area contributed by atoms with Crippen LogP contribution < -0.4 is 14.8 Å². The minimum Gasteiger partial charge on any atom is -0.508 e. The lowest BCUT2D eigenvalue weighted by atomic mass is 10.1. The first-order valence-electron chi connectivity index (χ1n) is 13.2. The highest BCUT2D eigenvalue weighted by Gasteiger charge is 2.42. The molecule has 0 bridgehead atoms. The fraction of sp³-hybridized carbons (Fsp3) is 0.500. The van der Waals surface area contributed by atoms with E-state index in [2.05, 4.69) is 10.2 Å². The number of nitrogens with zero attached hydrogens (tertiary/aromatic N) is 3. The monoisotopic (exact) mass is 508 g/mol. The Hall–Kier alpha value is -3.30. The van der Waals surface area contributed by atoms with Gasteiger partial charge in [0.1, 0.15) is 5.75 Å². The van der Waals surface area contributed by atoms with Crippen LogP contribution in [0.25, 0.3) is 0 Å². The number of piperazine rings is 1. The molecular weight excluding hydrogens is 472 g/mol. The number of rotatable bonds is 8. The van der Waals surface area contributed by atoms with Crippen LogP contribution in [0.3, 0.4) is 0 Å². The molecule has 2 amide bonds. The van der Waals surface area contributed by atoms with E-state index in [9.17, 15) is 14.7 Å². The molecule has 0 saturated carbocycles. The number of hydrogen-bond donors (Lipinski definition) is 2. The Kier molecular flexibility index (Phi) is 7.81. The number of phenols is 1. The predicted molar refractivity (Wildman–Crippen MR) is 138 cm³/mol. The fourth-order valence-corrected chi connectivity index (χ4v) is 5.54. The van der Waals surface area contributed by atoms with Gasteiger partial charge in [-0.2, -0.15) is 0 Å². The average Bonchev–Trinajstić information content (AvgIpc) is 3.54. The van der Waals surface area contributed by atoms with Crippen LogP contribution in [0, 0.1) is 0 Å². The van der Waals surface area contributed by atoms with E-state index in [4.69, 9.17) is 9.47 Å². The lowest BCUT2D eigenvalue weighted by molar-refractivity contribution is -0.137. The normalized spacial score (nSPS) is 21.3. The highest BCUT2D eigenvalue weighted by atomic mass is 16.7. The van der Waals surface area contributed by atoms with E-state index >= 15 is 0 Å². The summed E-state index contributed by atoms with van der Waals surface area (Å²) in [6.07, 6.45) is 1.79. The van der Waals surface area contributed by atoms with Gasteiger partial charge in [-0.3, -0.25) is 14.5 Å². The second kappa shape index (κ2) is 11.4. The van der Waals surface area contributed by atoms with Gasteiger partial charge in [-0.1, -0.05) is 25.1 Å². The molecule has 0 unspecified atom stereocenters. The van der Waals surface area contributed by atoms with Gasteiger partial charge in [0.05, 0.1) is 6.04 Å². The van der Waals surface area contributed by atoms with E-state index in [0.717, 1.165) is 42.1 Å². The van der Waals surface area contributed by atoms with Crippen molar-refractivity contribution in [2.24, 2.45) is 0 Å². The Morgan fingerprint density at radius 3 is 2.68 bits per heavy atom. The van der Waals surface area contributed by atoms with E-state index in [0.29, 0.717) is 45.6 Å². The van der Waals surface area contributed by atoms with Crippen molar-refractivity contribution in [3.05, 3.63) is 53.6 Å². The van der Waals surface area contributed by atoms with Crippen molar-refractivity contribution >= 4 is 11.8 Å². The summed E-state index contributed by atoms with van der Waals surface area (Å²) in [7, 11) is 0. The third-order valence-corrected chi connectivity index (χ3v) is 7.41. The average molecular weight is 509 g/mol. The third kappa shape index (κ3) is 5.83. The Balaban J connectivity index is 1.40. The van der Waals surface area contributed by atoms with Gasteiger partial charge in [0, 0.05) is 58.3 Å². The number of carbonyl (C=O) groups is 2. The highest BCUT2D eigenvalue weighted by Crippen LogP contribution is 2.34. The number of nitrogens with one attached hydrogen (secondary N) is 1. The van der Waals surface area contributed by atoms with Gasteiger partial charge in [0.2, 0.25) is 18.6 Å². The van der Waals surface area contributed by atoms with Gasteiger partial charge < -0.3 is 29.7 Å². The molecule has 0 radical (unpaired) electrons. The molecule has 0 aromatic heterocycles. The third-order valence-electron chi connectivity index (χ3n) is 7.41. The minimum absolute atomic E-state index is 0.0779. The first-order valence-corrected chi connectivity index (χ1v) is 13.2. The van der Waals surface area contributed by atoms with E-state index < -0.39 is 0 Å². The molecule has 37 heavy (non-hydrogen) atoms. The molecule has 2 aromatic rings. The number of benzene rings is 2. The van der Waals surface area contributed by atoms with Crippen molar-refractivity contribution in [3.8, 4) is 17.2 Å². The number of amides is 2. The standard InChI is InChI=1S/C28H36N4O5/c1-2-4-27(34)32(17-20-5-3-6-23(33)13-20)22-15-24(28(35)30-11-9-29-10-12-30)31(18-22)16-21-7-8-25-26(14-21)37-19-36-25/h3,5-8,13-14,22,24,29,33H,2,4,9-12,15-19H2,1H3/t22-,24-/m0/s1. The zero-order valence-electron chi connectivity index (χ0n) is 21.4. The molecule has 0 aliphatic carbocycles. The van der Waals surface area contributed by atoms with Crippen molar-refractivity contribution in [1.82, 2.24) is 20.0 Å². The fourth-order valence-electron chi connectivity index (χ4n) is 5.54. The second-order valence-corrected chi connectivity index (χ2v) is 10.0. The molecule has 2 N–H and O–H groups in total. The molecule has 2 saturated heterocycles. The maximum atomic E-state index is 13.7. The number of aromatic hydroxyl groups is 1. The summed E-state index contributed by atoms with van der Waals surface area (Å²) in [5.74, 6) is 1.85. The molecule has 9 nitrogen and oxygen atoms in total. The molecule has 2 fully saturated rings. The summed E-state index contributed by atoms with van der Waals surface area (Å²) in [5.41, 5.74) is 1.92. The summed E-state index contributed by atoms with van der Waals surface area (Å²) in [4.78, 5) is 33.1. The van der Waals surface area contributed by atoms with Crippen LogP contribution in [-0.4, -0.2) is 83.2 Å². The molecule has 0 spiro atoms. The smallest absolute Gasteiger partial charge is 0.240 e. The van der Waals surface area contributed by atoms with Gasteiger partial charge in [-0.15, -0.1) is 0 Å². The zero-order chi connectivity index (χ0) is 25.8. The molecular formula is C28H36N4O5. The minimum atomic E-state index is -0.311. The number of likely N-dealkylation sites (tertiary alicyclic amines) is 1. The maximum absolute atomic E-state index is 13.7. The highest BCUT2D eigenvalue weighted by molar-refractivity contribution is 5.83. The number of hydrogen-bond acceptors (Lipinski definition) is 7. The maximum Gasteiger partial charge on any atom is 0.240 e. The van der Waals surface area contributed by atoms with E-state index in [1.54, 1.807) is 18.2 Å². The summed E-state index contributed by atoms with van der Waals surface area (Å²) < 4.78 is 11.0. The molecule has 3 heterocycles. The van der Waals surface area contributed by atoms with Gasteiger partial charge in [-0.05, 0) is 48.2 Å². The lowest BCUT2D eigenvalue weighted by Gasteiger charge is -2.32. The number of carbonyl (C=O) groups excluding carboxylic acids is 2. The number of ether oxygens (including phenoxy) is 2. The van der Waals surface area contributed by atoms with Crippen molar-refractivity contribution in [3.63, 3.8) is 0 Å². The first kappa shape index (κ1) is 25.4. The van der Waals surface area contributed by atoms with E-state index in [1.165, 1.54) is 0 Å². The van der Waals surface area contributed by atoms with Gasteiger partial charge >= 0.3 is 0 Å². The van der Waals surface area contributed by atoms with Crippen molar-refractivity contribution < 1.29 is 24.2 Å². The molecule has 5 rings (SSSR count). The molecule has 3 aliphatic heterocycles. The summed E-state index contributed by atoms with van der Waals surface area (Å²) in [6.45, 7) is 6.79. The van der Waals surface area contributed by atoms with Crippen LogP contribution in [-0.2, 0) is 22.7 Å². The van der Waals surface area contributed by atoms with Gasteiger partial charge in [0.15, 0.2) is 11.5 Å². The van der Waals surface area contributed by atoms with Crippen molar-refractivity contribution in [2.45, 2.75) is 51.4 Å². The van der Waals surface area contributed by atoms with Crippen LogP contribution >= 0.6 is 0 Å². The first-order chi connectivity index (χ1) is 18.0. The molecule has 198 valence electrons. The zero-order valence-corrected chi connectivity index (χ0v) is 21.4. The van der Waals surface area contributed by atoms with E-state index in [1.807, 2.05) is 41.0 Å². The topological polar surface area (TPSA) is 94.6 Å².